The van der Waals surface area contributed by atoms with Crippen LogP contribution in [0.1, 0.15) is 31.7 Å². The van der Waals surface area contributed by atoms with Crippen LogP contribution in [0.3, 0.4) is 0 Å². The lowest BCUT2D eigenvalue weighted by Crippen LogP contribution is -2.19. The summed E-state index contributed by atoms with van der Waals surface area (Å²) in [5.74, 6) is 0.785. The Morgan fingerprint density at radius 2 is 1.87 bits per heavy atom. The standard InChI is InChI=1S/C24H23N3O3/c1-30-23-13-21-18(14-27(25-21)19-8-6-16(15-28)7-9-19)12-22(23)26-11-10-17-4-2-3-5-20(17)24(26)29/h2-5,10-16,19H,6-9H2,1H3. The van der Waals surface area contributed by atoms with E-state index in [0.717, 1.165) is 48.3 Å². The third-order valence-corrected chi connectivity index (χ3v) is 6.20. The van der Waals surface area contributed by atoms with Crippen molar-refractivity contribution in [2.24, 2.45) is 5.92 Å². The molecule has 1 aliphatic carbocycles. The molecule has 0 spiro atoms. The van der Waals surface area contributed by atoms with Gasteiger partial charge in [0, 0.05) is 35.2 Å². The Labute approximate surface area is 173 Å². The first-order valence-corrected chi connectivity index (χ1v) is 10.3. The van der Waals surface area contributed by atoms with E-state index in [4.69, 9.17) is 9.84 Å². The van der Waals surface area contributed by atoms with Crippen molar-refractivity contribution in [3.8, 4) is 11.4 Å². The predicted octanol–water partition coefficient (Wildman–Crippen LogP) is 4.28. The van der Waals surface area contributed by atoms with Gasteiger partial charge in [-0.05, 0) is 49.3 Å². The van der Waals surface area contributed by atoms with Crippen molar-refractivity contribution in [2.45, 2.75) is 31.7 Å². The van der Waals surface area contributed by atoms with E-state index in [2.05, 4.69) is 0 Å². The van der Waals surface area contributed by atoms with E-state index in [0.29, 0.717) is 22.9 Å². The molecule has 5 rings (SSSR count). The minimum atomic E-state index is -0.0784. The summed E-state index contributed by atoms with van der Waals surface area (Å²) in [6.07, 6.45) is 8.62. The van der Waals surface area contributed by atoms with Gasteiger partial charge >= 0.3 is 0 Å². The van der Waals surface area contributed by atoms with Crippen molar-refractivity contribution in [1.82, 2.24) is 14.3 Å². The molecule has 152 valence electrons. The third-order valence-electron chi connectivity index (χ3n) is 6.20. The van der Waals surface area contributed by atoms with E-state index in [9.17, 15) is 9.59 Å². The number of pyridine rings is 1. The summed E-state index contributed by atoms with van der Waals surface area (Å²) in [6, 6.07) is 13.7. The molecular formula is C24H23N3O3. The van der Waals surface area contributed by atoms with Gasteiger partial charge in [0.2, 0.25) is 0 Å². The van der Waals surface area contributed by atoms with Crippen LogP contribution in [0.5, 0.6) is 5.75 Å². The van der Waals surface area contributed by atoms with E-state index < -0.39 is 0 Å². The summed E-state index contributed by atoms with van der Waals surface area (Å²) < 4.78 is 9.25. The summed E-state index contributed by atoms with van der Waals surface area (Å²) in [6.45, 7) is 0. The van der Waals surface area contributed by atoms with E-state index in [1.165, 1.54) is 0 Å². The van der Waals surface area contributed by atoms with Crippen LogP contribution in [0.4, 0.5) is 0 Å². The summed E-state index contributed by atoms with van der Waals surface area (Å²) >= 11 is 0. The highest BCUT2D eigenvalue weighted by atomic mass is 16.5. The molecule has 6 nitrogen and oxygen atoms in total. The van der Waals surface area contributed by atoms with Crippen molar-refractivity contribution in [1.29, 1.82) is 0 Å². The Morgan fingerprint density at radius 3 is 2.63 bits per heavy atom. The average molecular weight is 401 g/mol. The molecule has 0 saturated heterocycles. The zero-order valence-corrected chi connectivity index (χ0v) is 16.8. The van der Waals surface area contributed by atoms with Gasteiger partial charge in [0.25, 0.3) is 5.56 Å². The number of fused-ring (bicyclic) bond motifs is 2. The zero-order chi connectivity index (χ0) is 20.7. The molecule has 0 radical (unpaired) electrons. The molecule has 2 heterocycles. The molecule has 0 aliphatic heterocycles. The number of hydrogen-bond acceptors (Lipinski definition) is 4. The Balaban J connectivity index is 1.59. The van der Waals surface area contributed by atoms with Crippen LogP contribution >= 0.6 is 0 Å². The molecule has 0 amide bonds. The first kappa shape index (κ1) is 18.6. The molecule has 1 fully saturated rings. The second-order valence-corrected chi connectivity index (χ2v) is 7.97. The van der Waals surface area contributed by atoms with E-state index in [1.807, 2.05) is 53.3 Å². The van der Waals surface area contributed by atoms with E-state index in [-0.39, 0.29) is 11.5 Å². The lowest BCUT2D eigenvalue weighted by molar-refractivity contribution is -0.112. The van der Waals surface area contributed by atoms with Gasteiger partial charge in [-0.15, -0.1) is 0 Å². The van der Waals surface area contributed by atoms with Crippen molar-refractivity contribution in [3.05, 3.63) is 65.2 Å². The van der Waals surface area contributed by atoms with Crippen molar-refractivity contribution in [2.75, 3.05) is 7.11 Å². The van der Waals surface area contributed by atoms with Gasteiger partial charge in [-0.25, -0.2) is 0 Å². The lowest BCUT2D eigenvalue weighted by Gasteiger charge is -2.25. The molecule has 2 aromatic heterocycles. The average Bonchev–Trinajstić information content (AvgIpc) is 3.22. The number of hydrogen-bond donors (Lipinski definition) is 0. The van der Waals surface area contributed by atoms with Gasteiger partial charge in [-0.3, -0.25) is 14.0 Å². The molecule has 6 heteroatoms. The predicted molar refractivity (Wildman–Crippen MR) is 116 cm³/mol. The van der Waals surface area contributed by atoms with E-state index in [1.54, 1.807) is 17.9 Å². The third kappa shape index (κ3) is 3.09. The number of carbonyl (C=O) groups is 1. The second-order valence-electron chi connectivity index (χ2n) is 7.97. The Hall–Kier alpha value is -3.41. The fraction of sp³-hybridized carbons (Fsp3) is 0.292. The van der Waals surface area contributed by atoms with Crippen LogP contribution in [0.2, 0.25) is 0 Å². The molecule has 0 N–H and O–H groups in total. The number of aldehydes is 1. The molecule has 2 aromatic carbocycles. The highest BCUT2D eigenvalue weighted by Crippen LogP contribution is 2.33. The Bertz CT molecular complexity index is 1300. The van der Waals surface area contributed by atoms with Gasteiger partial charge in [0.1, 0.15) is 12.0 Å². The minimum absolute atomic E-state index is 0.0784. The normalized spacial score (nSPS) is 19.2. The number of benzene rings is 2. The van der Waals surface area contributed by atoms with Crippen molar-refractivity contribution >= 4 is 28.0 Å². The Kier molecular flexibility index (Phi) is 4.62. The van der Waals surface area contributed by atoms with Crippen LogP contribution in [0, 0.1) is 5.92 Å². The largest absolute Gasteiger partial charge is 0.494 e. The molecular weight excluding hydrogens is 378 g/mol. The number of carbonyl (C=O) groups excluding carboxylic acids is 1. The number of rotatable bonds is 4. The molecule has 4 aromatic rings. The van der Waals surface area contributed by atoms with Crippen molar-refractivity contribution in [3.63, 3.8) is 0 Å². The van der Waals surface area contributed by atoms with Gasteiger partial charge in [-0.2, -0.15) is 5.10 Å². The quantitative estimate of drug-likeness (QED) is 0.479. The maximum Gasteiger partial charge on any atom is 0.263 e. The molecule has 0 atom stereocenters. The molecule has 30 heavy (non-hydrogen) atoms. The van der Waals surface area contributed by atoms with Gasteiger partial charge in [0.15, 0.2) is 0 Å². The van der Waals surface area contributed by atoms with Gasteiger partial charge in [-0.1, -0.05) is 18.2 Å². The van der Waals surface area contributed by atoms with Gasteiger partial charge < -0.3 is 9.53 Å². The SMILES string of the molecule is COc1cc2nn(C3CCC(C=O)CC3)cc2cc1-n1ccc2ccccc2c1=O. The Morgan fingerprint density at radius 1 is 1.07 bits per heavy atom. The zero-order valence-electron chi connectivity index (χ0n) is 16.8. The fourth-order valence-electron chi connectivity index (χ4n) is 4.48. The van der Waals surface area contributed by atoms with Crippen LogP contribution < -0.4 is 10.3 Å². The number of ether oxygens (including phenoxy) is 1. The topological polar surface area (TPSA) is 66.1 Å². The first-order chi connectivity index (χ1) is 14.7. The summed E-state index contributed by atoms with van der Waals surface area (Å²) in [7, 11) is 1.61. The molecule has 1 saturated carbocycles. The van der Waals surface area contributed by atoms with Crippen LogP contribution in [-0.2, 0) is 4.79 Å². The smallest absolute Gasteiger partial charge is 0.263 e. The number of nitrogens with zero attached hydrogens (tertiary/aromatic N) is 3. The maximum absolute atomic E-state index is 13.1. The highest BCUT2D eigenvalue weighted by molar-refractivity contribution is 5.85. The summed E-state index contributed by atoms with van der Waals surface area (Å²) in [4.78, 5) is 24.1. The number of aromatic nitrogens is 3. The fourth-order valence-corrected chi connectivity index (χ4v) is 4.48. The number of methoxy groups -OCH3 is 1. The maximum atomic E-state index is 13.1. The second kappa shape index (κ2) is 7.44. The molecule has 0 bridgehead atoms. The monoisotopic (exact) mass is 401 g/mol. The van der Waals surface area contributed by atoms with Crippen molar-refractivity contribution < 1.29 is 9.53 Å². The summed E-state index contributed by atoms with van der Waals surface area (Å²) in [5, 5.41) is 7.31. The molecule has 0 unspecified atom stereocenters. The van der Waals surface area contributed by atoms with Crippen LogP contribution in [0.25, 0.3) is 27.4 Å². The summed E-state index contributed by atoms with van der Waals surface area (Å²) in [5.41, 5.74) is 1.46. The minimum Gasteiger partial charge on any atom is -0.494 e. The highest BCUT2D eigenvalue weighted by Gasteiger charge is 2.23. The first-order valence-electron chi connectivity index (χ1n) is 10.3. The lowest BCUT2D eigenvalue weighted by atomic mass is 9.87. The van der Waals surface area contributed by atoms with Gasteiger partial charge in [0.05, 0.1) is 24.4 Å². The molecule has 1 aliphatic rings. The van der Waals surface area contributed by atoms with Crippen LogP contribution in [-0.4, -0.2) is 27.7 Å². The van der Waals surface area contributed by atoms with Crippen LogP contribution in [0.15, 0.2) is 59.7 Å². The van der Waals surface area contributed by atoms with E-state index >= 15 is 0 Å².